The molecule has 0 radical (unpaired) electrons. The number of ketones is 1. The predicted molar refractivity (Wildman–Crippen MR) is 121 cm³/mol. The van der Waals surface area contributed by atoms with Crippen LogP contribution in [-0.4, -0.2) is 29.2 Å². The standard InChI is InChI=1S/C25H28N4O3/c1-16(2)31-23-10-9-18(12-20(23)13-26)25-27-24(28-32-25)21-8-4-7-19-14-29(15-22(19)21)11-5-6-17(3)30/h4,7-10,12,16,25H,5-6,11,14-15H2,1-3H3,(H,27,28). The summed E-state index contributed by atoms with van der Waals surface area (Å²) in [5.41, 5.74) is 7.78. The molecule has 1 atom stereocenters. The van der Waals surface area contributed by atoms with Crippen LogP contribution in [0.1, 0.15) is 67.7 Å². The van der Waals surface area contributed by atoms with Crippen molar-refractivity contribution in [3.05, 3.63) is 64.2 Å². The molecule has 0 spiro atoms. The van der Waals surface area contributed by atoms with Crippen LogP contribution >= 0.6 is 0 Å². The van der Waals surface area contributed by atoms with Crippen LogP contribution in [0.15, 0.2) is 41.4 Å². The second-order valence-corrected chi connectivity index (χ2v) is 8.54. The first-order valence-corrected chi connectivity index (χ1v) is 11.0. The largest absolute Gasteiger partial charge is 0.490 e. The summed E-state index contributed by atoms with van der Waals surface area (Å²) >= 11 is 0. The SMILES string of the molecule is CC(=O)CCCN1Cc2cccc(C3=NC(c4ccc(OC(C)C)c(C#N)c4)ON3)c2C1. The predicted octanol–water partition coefficient (Wildman–Crippen LogP) is 4.01. The Morgan fingerprint density at radius 2 is 2.19 bits per heavy atom. The maximum absolute atomic E-state index is 11.2. The van der Waals surface area contributed by atoms with Crippen molar-refractivity contribution in [1.29, 1.82) is 5.26 Å². The van der Waals surface area contributed by atoms with Gasteiger partial charge in [0.1, 0.15) is 17.6 Å². The third kappa shape index (κ3) is 4.82. The normalized spacial score (nSPS) is 17.6. The average molecular weight is 433 g/mol. The van der Waals surface area contributed by atoms with E-state index in [-0.39, 0.29) is 11.9 Å². The number of rotatable bonds is 8. The summed E-state index contributed by atoms with van der Waals surface area (Å²) in [5, 5.41) is 9.51. The summed E-state index contributed by atoms with van der Waals surface area (Å²) in [6, 6.07) is 13.9. The van der Waals surface area contributed by atoms with Gasteiger partial charge in [0.25, 0.3) is 0 Å². The van der Waals surface area contributed by atoms with Gasteiger partial charge in [0, 0.05) is 30.6 Å². The fourth-order valence-electron chi connectivity index (χ4n) is 4.12. The molecule has 0 aliphatic carbocycles. The zero-order chi connectivity index (χ0) is 22.7. The van der Waals surface area contributed by atoms with E-state index in [1.165, 1.54) is 11.1 Å². The Kier molecular flexibility index (Phi) is 6.54. The summed E-state index contributed by atoms with van der Waals surface area (Å²) in [6.45, 7) is 8.10. The van der Waals surface area contributed by atoms with Crippen LogP contribution in [0.25, 0.3) is 0 Å². The number of hydrogen-bond acceptors (Lipinski definition) is 7. The molecule has 7 nitrogen and oxygen atoms in total. The Balaban J connectivity index is 1.51. The van der Waals surface area contributed by atoms with Crippen LogP contribution in [0.4, 0.5) is 0 Å². The Labute approximate surface area is 188 Å². The first-order valence-electron chi connectivity index (χ1n) is 11.0. The van der Waals surface area contributed by atoms with E-state index in [0.29, 0.717) is 23.6 Å². The first kappa shape index (κ1) is 22.0. The minimum Gasteiger partial charge on any atom is -0.490 e. The van der Waals surface area contributed by atoms with Crippen LogP contribution in [0.2, 0.25) is 0 Å². The molecule has 2 aromatic rings. The van der Waals surface area contributed by atoms with Gasteiger partial charge in [-0.15, -0.1) is 0 Å². The van der Waals surface area contributed by atoms with Gasteiger partial charge >= 0.3 is 0 Å². The molecule has 1 N–H and O–H groups in total. The van der Waals surface area contributed by atoms with Gasteiger partial charge in [0.15, 0.2) is 5.84 Å². The van der Waals surface area contributed by atoms with Gasteiger partial charge in [0.2, 0.25) is 6.23 Å². The number of fused-ring (bicyclic) bond motifs is 1. The van der Waals surface area contributed by atoms with Crippen LogP contribution in [0.5, 0.6) is 5.75 Å². The van der Waals surface area contributed by atoms with Gasteiger partial charge in [-0.05, 0) is 57.0 Å². The van der Waals surface area contributed by atoms with Crippen LogP contribution in [0, 0.1) is 11.3 Å². The van der Waals surface area contributed by atoms with Gasteiger partial charge in [-0.2, -0.15) is 5.26 Å². The number of carbonyl (C=O) groups is 1. The Morgan fingerprint density at radius 3 is 2.94 bits per heavy atom. The summed E-state index contributed by atoms with van der Waals surface area (Å²) in [4.78, 5) is 24.1. The molecular weight excluding hydrogens is 404 g/mol. The number of hydroxylamine groups is 1. The van der Waals surface area contributed by atoms with Gasteiger partial charge in [0.05, 0.1) is 11.7 Å². The Morgan fingerprint density at radius 1 is 1.34 bits per heavy atom. The van der Waals surface area contributed by atoms with Crippen molar-refractivity contribution in [3.63, 3.8) is 0 Å². The number of hydrogen-bond donors (Lipinski definition) is 1. The quantitative estimate of drug-likeness (QED) is 0.678. The molecule has 2 aliphatic rings. The van der Waals surface area contributed by atoms with Crippen molar-refractivity contribution in [3.8, 4) is 11.8 Å². The minimum atomic E-state index is -0.533. The van der Waals surface area contributed by atoms with E-state index in [1.807, 2.05) is 26.0 Å². The smallest absolute Gasteiger partial charge is 0.202 e. The summed E-state index contributed by atoms with van der Waals surface area (Å²) in [5.74, 6) is 1.49. The highest BCUT2D eigenvalue weighted by molar-refractivity contribution is 6.00. The highest BCUT2D eigenvalue weighted by atomic mass is 16.7. The van der Waals surface area contributed by atoms with Gasteiger partial charge in [-0.1, -0.05) is 24.3 Å². The number of aliphatic imine (C=N–C) groups is 1. The highest BCUT2D eigenvalue weighted by Crippen LogP contribution is 2.31. The number of nitriles is 1. The average Bonchev–Trinajstić information content (AvgIpc) is 3.40. The molecule has 0 fully saturated rings. The minimum absolute atomic E-state index is 0.0100. The molecule has 32 heavy (non-hydrogen) atoms. The number of carbonyl (C=O) groups excluding carboxylic acids is 1. The third-order valence-corrected chi connectivity index (χ3v) is 5.59. The number of amidine groups is 1. The second-order valence-electron chi connectivity index (χ2n) is 8.54. The van der Waals surface area contributed by atoms with Crippen molar-refractivity contribution < 1.29 is 14.4 Å². The molecule has 0 bridgehead atoms. The molecule has 4 rings (SSSR count). The van der Waals surface area contributed by atoms with Crippen molar-refractivity contribution in [2.45, 2.75) is 59.0 Å². The monoisotopic (exact) mass is 432 g/mol. The zero-order valence-electron chi connectivity index (χ0n) is 18.7. The van der Waals surface area contributed by atoms with Crippen molar-refractivity contribution in [2.24, 2.45) is 4.99 Å². The van der Waals surface area contributed by atoms with E-state index in [9.17, 15) is 10.1 Å². The zero-order valence-corrected chi connectivity index (χ0v) is 18.7. The lowest BCUT2D eigenvalue weighted by Gasteiger charge is -2.14. The maximum atomic E-state index is 11.2. The number of nitrogens with one attached hydrogen (secondary N) is 1. The molecule has 0 aromatic heterocycles. The maximum Gasteiger partial charge on any atom is 0.202 e. The fraction of sp³-hybridized carbons (Fsp3) is 0.400. The number of Topliss-reactive ketones (excluding diaryl/α,β-unsaturated/α-hetero) is 1. The number of ether oxygens (including phenoxy) is 1. The number of benzene rings is 2. The van der Waals surface area contributed by atoms with Crippen molar-refractivity contribution >= 4 is 11.6 Å². The van der Waals surface area contributed by atoms with Crippen molar-refractivity contribution in [2.75, 3.05) is 6.54 Å². The molecule has 2 aromatic carbocycles. The second kappa shape index (κ2) is 9.51. The highest BCUT2D eigenvalue weighted by Gasteiger charge is 2.27. The lowest BCUT2D eigenvalue weighted by molar-refractivity contribution is -0.117. The molecule has 2 aliphatic heterocycles. The first-order chi connectivity index (χ1) is 15.4. The van der Waals surface area contributed by atoms with E-state index >= 15 is 0 Å². The van der Waals surface area contributed by atoms with Crippen molar-refractivity contribution in [1.82, 2.24) is 10.4 Å². The Hall–Kier alpha value is -3.21. The molecule has 2 heterocycles. The van der Waals surface area contributed by atoms with Crippen LogP contribution < -0.4 is 10.2 Å². The van der Waals surface area contributed by atoms with Crippen LogP contribution in [0.3, 0.4) is 0 Å². The van der Waals surface area contributed by atoms with Gasteiger partial charge in [-0.25, -0.2) is 15.3 Å². The molecule has 166 valence electrons. The van der Waals surface area contributed by atoms with Crippen LogP contribution in [-0.2, 0) is 22.7 Å². The molecule has 7 heteroatoms. The van der Waals surface area contributed by atoms with E-state index in [0.717, 1.165) is 37.2 Å². The molecule has 0 amide bonds. The Bertz CT molecular complexity index is 1090. The molecule has 1 unspecified atom stereocenters. The van der Waals surface area contributed by atoms with E-state index in [4.69, 9.17) is 14.6 Å². The fourth-order valence-corrected chi connectivity index (χ4v) is 4.12. The molecule has 0 saturated heterocycles. The summed E-state index contributed by atoms with van der Waals surface area (Å²) in [6.07, 6.45) is 0.953. The van der Waals surface area contributed by atoms with E-state index in [2.05, 4.69) is 28.6 Å². The lowest BCUT2D eigenvalue weighted by Crippen LogP contribution is -2.21. The summed E-state index contributed by atoms with van der Waals surface area (Å²) in [7, 11) is 0. The molecule has 0 saturated carbocycles. The lowest BCUT2D eigenvalue weighted by atomic mass is 10.0. The number of nitrogens with zero attached hydrogens (tertiary/aromatic N) is 3. The van der Waals surface area contributed by atoms with E-state index < -0.39 is 6.23 Å². The topological polar surface area (TPSA) is 87.0 Å². The van der Waals surface area contributed by atoms with Gasteiger partial charge in [-0.3, -0.25) is 4.90 Å². The third-order valence-electron chi connectivity index (χ3n) is 5.59. The summed E-state index contributed by atoms with van der Waals surface area (Å²) < 4.78 is 5.71. The van der Waals surface area contributed by atoms with Gasteiger partial charge < -0.3 is 9.53 Å². The molecular formula is C25H28N4O3. The van der Waals surface area contributed by atoms with E-state index in [1.54, 1.807) is 19.1 Å².